The second-order valence-corrected chi connectivity index (χ2v) is 15.3. The molecule has 0 saturated heterocycles. The zero-order chi connectivity index (χ0) is 36.7. The van der Waals surface area contributed by atoms with Gasteiger partial charge in [-0.3, -0.25) is 0 Å². The third-order valence-electron chi connectivity index (χ3n) is 12.2. The lowest BCUT2D eigenvalue weighted by atomic mass is 9.92. The predicted octanol–water partition coefficient (Wildman–Crippen LogP) is 15.9. The molecule has 0 unspecified atom stereocenters. The lowest BCUT2D eigenvalue weighted by Crippen LogP contribution is -1.85. The van der Waals surface area contributed by atoms with Gasteiger partial charge < -0.3 is 0 Å². The van der Waals surface area contributed by atoms with Crippen LogP contribution in [0.5, 0.6) is 0 Å². The molecular weight excluding hydrogens is 673 g/mol. The molecule has 0 N–H and O–H groups in total. The second kappa shape index (κ2) is 12.1. The Kier molecular flexibility index (Phi) is 6.73. The van der Waals surface area contributed by atoms with Crippen molar-refractivity contribution in [1.82, 2.24) is 0 Å². The highest BCUT2D eigenvalue weighted by atomic mass is 14.1. The van der Waals surface area contributed by atoms with Gasteiger partial charge in [0.15, 0.2) is 0 Å². The van der Waals surface area contributed by atoms with E-state index in [1.807, 2.05) is 0 Å². The fourth-order valence-electron chi connectivity index (χ4n) is 9.25. The van der Waals surface area contributed by atoms with Crippen molar-refractivity contribution in [2.45, 2.75) is 0 Å². The molecule has 258 valence electrons. The minimum absolute atomic E-state index is 1.23. The summed E-state index contributed by atoms with van der Waals surface area (Å²) in [7, 11) is 0. The van der Waals surface area contributed by atoms with Gasteiger partial charge in [-0.25, -0.2) is 0 Å². The Morgan fingerprint density at radius 2 is 0.339 bits per heavy atom. The molecule has 0 fully saturated rings. The molecule has 0 bridgehead atoms. The summed E-state index contributed by atoms with van der Waals surface area (Å²) in [5.41, 5.74) is 7.44. The Labute approximate surface area is 324 Å². The molecule has 0 amide bonds. The molecule has 0 aliphatic carbocycles. The van der Waals surface area contributed by atoms with Crippen molar-refractivity contribution >= 4 is 86.2 Å². The van der Waals surface area contributed by atoms with Gasteiger partial charge in [-0.05, 0) is 156 Å². The van der Waals surface area contributed by atoms with Gasteiger partial charge in [-0.1, -0.05) is 170 Å². The summed E-state index contributed by atoms with van der Waals surface area (Å²) in [5.74, 6) is 0. The summed E-state index contributed by atoms with van der Waals surface area (Å²) in [5, 5.41) is 20.5. The van der Waals surface area contributed by atoms with Crippen LogP contribution in [0.2, 0.25) is 0 Å². The first kappa shape index (κ1) is 31.1. The fourth-order valence-corrected chi connectivity index (χ4v) is 9.25. The summed E-state index contributed by atoms with van der Waals surface area (Å²) < 4.78 is 0. The molecule has 0 nitrogen and oxygen atoms in total. The minimum atomic E-state index is 1.23. The van der Waals surface area contributed by atoms with Crippen molar-refractivity contribution in [2.24, 2.45) is 0 Å². The van der Waals surface area contributed by atoms with Crippen LogP contribution in [0.25, 0.3) is 120 Å². The van der Waals surface area contributed by atoms with Crippen LogP contribution < -0.4 is 0 Å². The van der Waals surface area contributed by atoms with Crippen molar-refractivity contribution in [1.29, 1.82) is 0 Å². The average Bonchev–Trinajstić information content (AvgIpc) is 3.27. The normalized spacial score (nSPS) is 11.9. The minimum Gasteiger partial charge on any atom is -0.0616 e. The molecule has 0 radical (unpaired) electrons. The topological polar surface area (TPSA) is 0 Å². The standard InChI is InChI=1S/C56H34/c1-3-7-49-35(5-1)9-11-43-29-37(17-23-51(43)49)39-19-25-53-45(31-39)13-15-47-33-41(21-27-55(47)53)42-22-28-56-48(34-42)16-14-46-32-40(20-26-54(46)56)38-18-24-52-44(30-38)12-10-36-6-2-4-8-50(36)52/h1-34H. The average molecular weight is 707 g/mol. The van der Waals surface area contributed by atoms with E-state index in [0.717, 1.165) is 0 Å². The van der Waals surface area contributed by atoms with E-state index in [1.54, 1.807) is 0 Å². The van der Waals surface area contributed by atoms with E-state index in [1.165, 1.54) is 120 Å². The number of fused-ring (bicyclic) bond motifs is 12. The Morgan fingerprint density at radius 3 is 0.589 bits per heavy atom. The zero-order valence-corrected chi connectivity index (χ0v) is 30.6. The van der Waals surface area contributed by atoms with Crippen molar-refractivity contribution in [3.8, 4) is 33.4 Å². The van der Waals surface area contributed by atoms with E-state index in [-0.39, 0.29) is 0 Å². The van der Waals surface area contributed by atoms with Crippen LogP contribution in [0, 0.1) is 0 Å². The fraction of sp³-hybridized carbons (Fsp3) is 0. The molecule has 0 aromatic heterocycles. The summed E-state index contributed by atoms with van der Waals surface area (Å²) in [4.78, 5) is 0. The zero-order valence-electron chi connectivity index (χ0n) is 30.6. The van der Waals surface area contributed by atoms with Crippen LogP contribution in [-0.4, -0.2) is 0 Å². The molecule has 12 rings (SSSR count). The number of rotatable bonds is 3. The van der Waals surface area contributed by atoms with Crippen LogP contribution in [0.1, 0.15) is 0 Å². The molecule has 12 aromatic rings. The van der Waals surface area contributed by atoms with Crippen molar-refractivity contribution in [3.63, 3.8) is 0 Å². The maximum Gasteiger partial charge on any atom is -0.0105 e. The summed E-state index contributed by atoms with van der Waals surface area (Å²) >= 11 is 0. The third kappa shape index (κ3) is 4.93. The van der Waals surface area contributed by atoms with E-state index in [2.05, 4.69) is 206 Å². The molecular formula is C56H34. The molecule has 0 spiro atoms. The first-order chi connectivity index (χ1) is 27.7. The van der Waals surface area contributed by atoms with Gasteiger partial charge in [0.25, 0.3) is 0 Å². The Balaban J connectivity index is 0.858. The van der Waals surface area contributed by atoms with Gasteiger partial charge in [0.1, 0.15) is 0 Å². The molecule has 12 aromatic carbocycles. The van der Waals surface area contributed by atoms with Gasteiger partial charge in [0.05, 0.1) is 0 Å². The van der Waals surface area contributed by atoms with Gasteiger partial charge in [0, 0.05) is 0 Å². The van der Waals surface area contributed by atoms with Crippen molar-refractivity contribution in [3.05, 3.63) is 206 Å². The van der Waals surface area contributed by atoms with E-state index in [0.29, 0.717) is 0 Å². The van der Waals surface area contributed by atoms with Crippen LogP contribution in [0.15, 0.2) is 206 Å². The highest BCUT2D eigenvalue weighted by Crippen LogP contribution is 2.37. The van der Waals surface area contributed by atoms with Gasteiger partial charge in [-0.15, -0.1) is 0 Å². The maximum absolute atomic E-state index is 2.34. The van der Waals surface area contributed by atoms with Crippen LogP contribution in [-0.2, 0) is 0 Å². The lowest BCUT2D eigenvalue weighted by Gasteiger charge is -2.12. The molecule has 0 saturated carbocycles. The molecule has 0 aliphatic rings. The second-order valence-electron chi connectivity index (χ2n) is 15.3. The van der Waals surface area contributed by atoms with Crippen molar-refractivity contribution in [2.75, 3.05) is 0 Å². The number of hydrogen-bond acceptors (Lipinski definition) is 0. The third-order valence-corrected chi connectivity index (χ3v) is 12.2. The Morgan fingerprint density at radius 1 is 0.143 bits per heavy atom. The maximum atomic E-state index is 2.34. The largest absolute Gasteiger partial charge is 0.0616 e. The van der Waals surface area contributed by atoms with Gasteiger partial charge >= 0.3 is 0 Å². The van der Waals surface area contributed by atoms with E-state index < -0.39 is 0 Å². The number of hydrogen-bond donors (Lipinski definition) is 0. The Bertz CT molecular complexity index is 3350. The lowest BCUT2D eigenvalue weighted by molar-refractivity contribution is 1.67. The molecule has 56 heavy (non-hydrogen) atoms. The predicted molar refractivity (Wildman–Crippen MR) is 243 cm³/mol. The molecule has 0 heteroatoms. The van der Waals surface area contributed by atoms with Crippen LogP contribution in [0.3, 0.4) is 0 Å². The highest BCUT2D eigenvalue weighted by Gasteiger charge is 2.10. The smallest absolute Gasteiger partial charge is 0.0105 e. The first-order valence-electron chi connectivity index (χ1n) is 19.5. The van der Waals surface area contributed by atoms with Crippen molar-refractivity contribution < 1.29 is 0 Å². The highest BCUT2D eigenvalue weighted by molar-refractivity contribution is 6.13. The van der Waals surface area contributed by atoms with Crippen LogP contribution in [0.4, 0.5) is 0 Å². The SMILES string of the molecule is c1ccc2c(c1)ccc1cc(-c3ccc4c(ccc5cc(-c6ccc7c(ccc8cc(-c9ccc%10c(ccc%11ccccc%11%10)c9)ccc87)c6)ccc54)c3)ccc12. The van der Waals surface area contributed by atoms with Crippen LogP contribution >= 0.6 is 0 Å². The number of benzene rings is 12. The van der Waals surface area contributed by atoms with E-state index in [4.69, 9.17) is 0 Å². The van der Waals surface area contributed by atoms with E-state index in [9.17, 15) is 0 Å². The molecule has 0 heterocycles. The van der Waals surface area contributed by atoms with Gasteiger partial charge in [-0.2, -0.15) is 0 Å². The summed E-state index contributed by atoms with van der Waals surface area (Å²) in [6.45, 7) is 0. The Hall–Kier alpha value is -7.28. The molecule has 0 atom stereocenters. The summed E-state index contributed by atoms with van der Waals surface area (Å²) in [6, 6.07) is 76.7. The summed E-state index contributed by atoms with van der Waals surface area (Å²) in [6.07, 6.45) is 0. The quantitative estimate of drug-likeness (QED) is 0.160. The van der Waals surface area contributed by atoms with E-state index >= 15 is 0 Å². The van der Waals surface area contributed by atoms with Gasteiger partial charge in [0.2, 0.25) is 0 Å². The molecule has 0 aliphatic heterocycles. The first-order valence-corrected chi connectivity index (χ1v) is 19.5. The monoisotopic (exact) mass is 706 g/mol.